The van der Waals surface area contributed by atoms with Crippen LogP contribution in [0.3, 0.4) is 0 Å². The summed E-state index contributed by atoms with van der Waals surface area (Å²) in [6, 6.07) is 1.34. The zero-order valence-electron chi connectivity index (χ0n) is 9.98. The predicted octanol–water partition coefficient (Wildman–Crippen LogP) is 1.22. The summed E-state index contributed by atoms with van der Waals surface area (Å²) in [5.74, 6) is 0.703. The highest BCUT2D eigenvalue weighted by Crippen LogP contribution is 2.28. The van der Waals surface area contributed by atoms with Crippen LogP contribution in [-0.4, -0.2) is 42.8 Å². The van der Waals surface area contributed by atoms with Crippen molar-refractivity contribution in [2.24, 2.45) is 11.7 Å². The van der Waals surface area contributed by atoms with E-state index >= 15 is 0 Å². The molecule has 0 aliphatic carbocycles. The summed E-state index contributed by atoms with van der Waals surface area (Å²) in [6.45, 7) is 7.50. The van der Waals surface area contributed by atoms with Crippen molar-refractivity contribution in [3.05, 3.63) is 0 Å². The third-order valence-electron chi connectivity index (χ3n) is 4.12. The van der Waals surface area contributed by atoms with Gasteiger partial charge in [0.15, 0.2) is 0 Å². The Morgan fingerprint density at radius 3 is 2.67 bits per heavy atom. The van der Waals surface area contributed by atoms with Gasteiger partial charge in [0.05, 0.1) is 6.10 Å². The number of ether oxygens (including phenoxy) is 1. The minimum absolute atomic E-state index is 0.406. The van der Waals surface area contributed by atoms with Gasteiger partial charge < -0.3 is 10.5 Å². The Hall–Kier alpha value is -0.120. The highest BCUT2D eigenvalue weighted by molar-refractivity contribution is 4.89. The van der Waals surface area contributed by atoms with Gasteiger partial charge in [0, 0.05) is 25.2 Å². The fraction of sp³-hybridized carbons (Fsp3) is 1.00. The van der Waals surface area contributed by atoms with Crippen molar-refractivity contribution in [3.8, 4) is 0 Å². The van der Waals surface area contributed by atoms with Crippen LogP contribution in [-0.2, 0) is 4.74 Å². The Balaban J connectivity index is 1.98. The molecule has 0 saturated carbocycles. The molecule has 4 unspecified atom stereocenters. The molecule has 4 atom stereocenters. The van der Waals surface area contributed by atoms with E-state index in [0.717, 1.165) is 13.2 Å². The van der Waals surface area contributed by atoms with Crippen LogP contribution in [0.5, 0.6) is 0 Å². The molecule has 2 N–H and O–H groups in total. The molecule has 2 aliphatic heterocycles. The van der Waals surface area contributed by atoms with E-state index in [1.165, 1.54) is 25.8 Å². The summed E-state index contributed by atoms with van der Waals surface area (Å²) in [4.78, 5) is 2.64. The van der Waals surface area contributed by atoms with E-state index in [1.54, 1.807) is 0 Å². The van der Waals surface area contributed by atoms with E-state index in [2.05, 4.69) is 18.7 Å². The summed E-state index contributed by atoms with van der Waals surface area (Å²) in [5.41, 5.74) is 5.79. The Kier molecular flexibility index (Phi) is 3.65. The van der Waals surface area contributed by atoms with Gasteiger partial charge in [-0.05, 0) is 45.6 Å². The number of hydrogen-bond acceptors (Lipinski definition) is 3. The number of nitrogens with two attached hydrogens (primary N) is 1. The molecular weight excluding hydrogens is 188 g/mol. The zero-order valence-corrected chi connectivity index (χ0v) is 9.98. The number of hydrogen-bond donors (Lipinski definition) is 1. The maximum atomic E-state index is 5.79. The van der Waals surface area contributed by atoms with E-state index in [4.69, 9.17) is 10.5 Å². The van der Waals surface area contributed by atoms with Crippen LogP contribution >= 0.6 is 0 Å². The first-order chi connectivity index (χ1) is 7.22. The molecule has 0 bridgehead atoms. The van der Waals surface area contributed by atoms with Crippen molar-refractivity contribution in [1.82, 2.24) is 4.90 Å². The lowest BCUT2D eigenvalue weighted by atomic mass is 9.91. The normalized spacial score (nSPS) is 43.4. The molecular formula is C12H24N2O. The third-order valence-corrected chi connectivity index (χ3v) is 4.12. The van der Waals surface area contributed by atoms with E-state index in [1.807, 2.05) is 0 Å². The van der Waals surface area contributed by atoms with Crippen molar-refractivity contribution in [1.29, 1.82) is 0 Å². The van der Waals surface area contributed by atoms with Crippen LogP contribution < -0.4 is 5.73 Å². The van der Waals surface area contributed by atoms with Gasteiger partial charge in [-0.1, -0.05) is 0 Å². The van der Waals surface area contributed by atoms with Gasteiger partial charge in [0.1, 0.15) is 0 Å². The van der Waals surface area contributed by atoms with Gasteiger partial charge >= 0.3 is 0 Å². The Bertz CT molecular complexity index is 210. The molecule has 15 heavy (non-hydrogen) atoms. The molecule has 3 heteroatoms. The Labute approximate surface area is 93.0 Å². The Morgan fingerprint density at radius 2 is 2.07 bits per heavy atom. The summed E-state index contributed by atoms with van der Waals surface area (Å²) in [6.07, 6.45) is 4.20. The predicted molar refractivity (Wildman–Crippen MR) is 61.8 cm³/mol. The van der Waals surface area contributed by atoms with Crippen LogP contribution in [0.25, 0.3) is 0 Å². The average molecular weight is 212 g/mol. The molecule has 2 fully saturated rings. The second-order valence-corrected chi connectivity index (χ2v) is 5.16. The zero-order chi connectivity index (χ0) is 10.8. The van der Waals surface area contributed by atoms with E-state index in [-0.39, 0.29) is 0 Å². The van der Waals surface area contributed by atoms with Gasteiger partial charge in [0.2, 0.25) is 0 Å². The quantitative estimate of drug-likeness (QED) is 0.748. The van der Waals surface area contributed by atoms with Crippen molar-refractivity contribution >= 4 is 0 Å². The summed E-state index contributed by atoms with van der Waals surface area (Å²) in [5, 5.41) is 0. The highest BCUT2D eigenvalue weighted by atomic mass is 16.5. The summed E-state index contributed by atoms with van der Waals surface area (Å²) in [7, 11) is 0. The van der Waals surface area contributed by atoms with Crippen LogP contribution in [0.2, 0.25) is 0 Å². The van der Waals surface area contributed by atoms with Crippen molar-refractivity contribution in [2.75, 3.05) is 19.7 Å². The molecule has 0 aromatic heterocycles. The highest BCUT2D eigenvalue weighted by Gasteiger charge is 2.35. The van der Waals surface area contributed by atoms with Crippen LogP contribution in [0.15, 0.2) is 0 Å². The molecule has 2 heterocycles. The average Bonchev–Trinajstić information content (AvgIpc) is 2.65. The number of piperidine rings is 1. The molecule has 0 aromatic rings. The van der Waals surface area contributed by atoms with Gasteiger partial charge in [-0.25, -0.2) is 0 Å². The standard InChI is InChI=1S/C12H24N2O/c1-9-3-4-11(7-13)8-14(9)12-5-6-15-10(12)2/h9-12H,3-8,13H2,1-2H3. The first kappa shape index (κ1) is 11.4. The van der Waals surface area contributed by atoms with Crippen molar-refractivity contribution < 1.29 is 4.74 Å². The maximum Gasteiger partial charge on any atom is 0.0703 e. The molecule has 2 saturated heterocycles. The minimum atomic E-state index is 0.406. The van der Waals surface area contributed by atoms with Gasteiger partial charge in [0.25, 0.3) is 0 Å². The first-order valence-electron chi connectivity index (χ1n) is 6.29. The Morgan fingerprint density at radius 1 is 1.27 bits per heavy atom. The van der Waals surface area contributed by atoms with Gasteiger partial charge in [-0.15, -0.1) is 0 Å². The second-order valence-electron chi connectivity index (χ2n) is 5.16. The lowest BCUT2D eigenvalue weighted by molar-refractivity contribution is 0.0273. The molecule has 0 radical (unpaired) electrons. The molecule has 0 aromatic carbocycles. The van der Waals surface area contributed by atoms with Gasteiger partial charge in [-0.2, -0.15) is 0 Å². The first-order valence-corrected chi connectivity index (χ1v) is 6.29. The summed E-state index contributed by atoms with van der Waals surface area (Å²) < 4.78 is 5.66. The monoisotopic (exact) mass is 212 g/mol. The van der Waals surface area contributed by atoms with E-state index in [9.17, 15) is 0 Å². The van der Waals surface area contributed by atoms with E-state index in [0.29, 0.717) is 24.1 Å². The number of likely N-dealkylation sites (tertiary alicyclic amines) is 1. The largest absolute Gasteiger partial charge is 0.377 e. The molecule has 0 amide bonds. The third kappa shape index (κ3) is 2.35. The number of nitrogens with zero attached hydrogens (tertiary/aromatic N) is 1. The van der Waals surface area contributed by atoms with Crippen molar-refractivity contribution in [3.63, 3.8) is 0 Å². The molecule has 88 valence electrons. The maximum absolute atomic E-state index is 5.79. The molecule has 3 nitrogen and oxygen atoms in total. The summed E-state index contributed by atoms with van der Waals surface area (Å²) >= 11 is 0. The van der Waals surface area contributed by atoms with Crippen molar-refractivity contribution in [2.45, 2.75) is 51.3 Å². The fourth-order valence-corrected chi connectivity index (χ4v) is 3.02. The van der Waals surface area contributed by atoms with E-state index < -0.39 is 0 Å². The fourth-order valence-electron chi connectivity index (χ4n) is 3.02. The minimum Gasteiger partial charge on any atom is -0.377 e. The van der Waals surface area contributed by atoms with Crippen LogP contribution in [0.4, 0.5) is 0 Å². The van der Waals surface area contributed by atoms with Gasteiger partial charge in [-0.3, -0.25) is 4.90 Å². The smallest absolute Gasteiger partial charge is 0.0703 e. The second kappa shape index (κ2) is 4.81. The number of rotatable bonds is 2. The molecule has 2 aliphatic rings. The topological polar surface area (TPSA) is 38.5 Å². The SMILES string of the molecule is CC1OCCC1N1CC(CN)CCC1C. The molecule has 0 spiro atoms. The molecule has 2 rings (SSSR count). The lowest BCUT2D eigenvalue weighted by Crippen LogP contribution is -2.51. The van der Waals surface area contributed by atoms with Crippen LogP contribution in [0, 0.1) is 5.92 Å². The van der Waals surface area contributed by atoms with Crippen LogP contribution in [0.1, 0.15) is 33.1 Å². The lowest BCUT2D eigenvalue weighted by Gasteiger charge is -2.42.